The third-order valence-electron chi connectivity index (χ3n) is 1.12. The minimum Gasteiger partial charge on any atom is -0.363 e. The van der Waals surface area contributed by atoms with Gasteiger partial charge in [0.15, 0.2) is 0 Å². The van der Waals surface area contributed by atoms with Gasteiger partial charge in [-0.3, -0.25) is 4.79 Å². The average Bonchev–Trinajstić information content (AvgIpc) is 1.88. The Bertz CT molecular complexity index is 266. The fourth-order valence-corrected chi connectivity index (χ4v) is 0.603. The smallest absolute Gasteiger partial charge is 0.252 e. The Balaban J connectivity index is 3.07. The zero-order chi connectivity index (χ0) is 7.56. The van der Waals surface area contributed by atoms with Gasteiger partial charge >= 0.3 is 0 Å². The van der Waals surface area contributed by atoms with Gasteiger partial charge in [0, 0.05) is 20.2 Å². The number of anilines is 1. The molecular weight excluding hydrogens is 130 g/mol. The molecule has 0 radical (unpaired) electrons. The summed E-state index contributed by atoms with van der Waals surface area (Å²) in [6.45, 7) is 0. The maximum absolute atomic E-state index is 10.7. The van der Waals surface area contributed by atoms with Crippen LogP contribution in [0.25, 0.3) is 0 Å². The van der Waals surface area contributed by atoms with Gasteiger partial charge in [0.2, 0.25) is 0 Å². The Morgan fingerprint density at radius 3 is 2.70 bits per heavy atom. The van der Waals surface area contributed by atoms with E-state index in [0.29, 0.717) is 5.82 Å². The Morgan fingerprint density at radius 1 is 1.60 bits per heavy atom. The van der Waals surface area contributed by atoms with E-state index in [-0.39, 0.29) is 5.56 Å². The van der Waals surface area contributed by atoms with E-state index >= 15 is 0 Å². The van der Waals surface area contributed by atoms with Crippen molar-refractivity contribution >= 4 is 5.82 Å². The second kappa shape index (κ2) is 2.51. The fraction of sp³-hybridized carbons (Fsp3) is 0.333. The maximum atomic E-state index is 10.7. The van der Waals surface area contributed by atoms with Crippen LogP contribution in [0.15, 0.2) is 17.2 Å². The van der Waals surface area contributed by atoms with Crippen LogP contribution in [-0.4, -0.2) is 24.1 Å². The van der Waals surface area contributed by atoms with E-state index in [2.05, 4.69) is 9.97 Å². The van der Waals surface area contributed by atoms with Gasteiger partial charge < -0.3 is 9.88 Å². The number of hydrogen-bond donors (Lipinski definition) is 1. The predicted molar refractivity (Wildman–Crippen MR) is 39.2 cm³/mol. The average molecular weight is 139 g/mol. The number of nitrogens with one attached hydrogen (secondary N) is 1. The standard InChI is InChI=1S/C6H9N3O/c1-9(2)5-3-6(10)8-4-7-5/h3-4H,1-2H3,(H,7,8,10). The van der Waals surface area contributed by atoms with E-state index in [1.807, 2.05) is 14.1 Å². The van der Waals surface area contributed by atoms with Crippen molar-refractivity contribution in [3.05, 3.63) is 22.7 Å². The highest BCUT2D eigenvalue weighted by molar-refractivity contribution is 5.33. The molecule has 0 amide bonds. The second-order valence-electron chi connectivity index (χ2n) is 2.16. The molecule has 0 aliphatic heterocycles. The van der Waals surface area contributed by atoms with Crippen LogP contribution < -0.4 is 10.5 Å². The van der Waals surface area contributed by atoms with Crippen LogP contribution in [0.3, 0.4) is 0 Å². The van der Waals surface area contributed by atoms with Gasteiger partial charge in [-0.2, -0.15) is 0 Å². The molecule has 0 aliphatic rings. The molecule has 1 heterocycles. The lowest BCUT2D eigenvalue weighted by molar-refractivity contribution is 1.02. The van der Waals surface area contributed by atoms with Crippen LogP contribution in [0.5, 0.6) is 0 Å². The highest BCUT2D eigenvalue weighted by Crippen LogP contribution is 1.97. The van der Waals surface area contributed by atoms with Crippen LogP contribution >= 0.6 is 0 Å². The van der Waals surface area contributed by atoms with Gasteiger partial charge in [-0.05, 0) is 0 Å². The summed E-state index contributed by atoms with van der Waals surface area (Å²) in [6, 6.07) is 1.44. The van der Waals surface area contributed by atoms with Crippen molar-refractivity contribution in [2.75, 3.05) is 19.0 Å². The highest BCUT2D eigenvalue weighted by Gasteiger charge is 1.93. The lowest BCUT2D eigenvalue weighted by Gasteiger charge is -2.08. The first kappa shape index (κ1) is 6.80. The van der Waals surface area contributed by atoms with Crippen LogP contribution in [-0.2, 0) is 0 Å². The molecule has 0 aromatic carbocycles. The molecule has 0 atom stereocenters. The van der Waals surface area contributed by atoms with Crippen LogP contribution in [0.1, 0.15) is 0 Å². The number of aromatic amines is 1. The quantitative estimate of drug-likeness (QED) is 0.588. The molecular formula is C6H9N3O. The molecule has 10 heavy (non-hydrogen) atoms. The molecule has 0 fully saturated rings. The number of rotatable bonds is 1. The molecule has 0 aliphatic carbocycles. The van der Waals surface area contributed by atoms with Gasteiger partial charge in [0.25, 0.3) is 5.56 Å². The Morgan fingerprint density at radius 2 is 2.30 bits per heavy atom. The Labute approximate surface area is 58.5 Å². The van der Waals surface area contributed by atoms with Crippen molar-refractivity contribution in [3.63, 3.8) is 0 Å². The number of nitrogens with zero attached hydrogens (tertiary/aromatic N) is 2. The lowest BCUT2D eigenvalue weighted by atomic mass is 10.5. The molecule has 54 valence electrons. The summed E-state index contributed by atoms with van der Waals surface area (Å²) in [5.74, 6) is 0.670. The molecule has 1 aromatic heterocycles. The first-order valence-corrected chi connectivity index (χ1v) is 2.92. The molecule has 0 saturated carbocycles. The van der Waals surface area contributed by atoms with Crippen molar-refractivity contribution in [1.82, 2.24) is 9.97 Å². The van der Waals surface area contributed by atoms with Crippen LogP contribution in [0.2, 0.25) is 0 Å². The van der Waals surface area contributed by atoms with Crippen molar-refractivity contribution in [1.29, 1.82) is 0 Å². The summed E-state index contributed by atoms with van der Waals surface area (Å²) in [4.78, 5) is 18.8. The summed E-state index contributed by atoms with van der Waals surface area (Å²) < 4.78 is 0. The molecule has 0 bridgehead atoms. The van der Waals surface area contributed by atoms with E-state index in [1.165, 1.54) is 12.4 Å². The van der Waals surface area contributed by atoms with Crippen molar-refractivity contribution in [2.24, 2.45) is 0 Å². The summed E-state index contributed by atoms with van der Waals surface area (Å²) in [7, 11) is 3.67. The predicted octanol–water partition coefficient (Wildman–Crippen LogP) is -0.164. The minimum absolute atomic E-state index is 0.126. The monoisotopic (exact) mass is 139 g/mol. The molecule has 0 unspecified atom stereocenters. The molecule has 1 N–H and O–H groups in total. The third kappa shape index (κ3) is 1.34. The normalized spacial score (nSPS) is 9.40. The summed E-state index contributed by atoms with van der Waals surface area (Å²) in [5, 5.41) is 0. The summed E-state index contributed by atoms with van der Waals surface area (Å²) >= 11 is 0. The zero-order valence-electron chi connectivity index (χ0n) is 5.96. The number of H-pyrrole nitrogens is 1. The number of aromatic nitrogens is 2. The third-order valence-corrected chi connectivity index (χ3v) is 1.12. The van der Waals surface area contributed by atoms with Crippen molar-refractivity contribution < 1.29 is 0 Å². The lowest BCUT2D eigenvalue weighted by Crippen LogP contribution is -2.14. The van der Waals surface area contributed by atoms with Gasteiger partial charge in [-0.15, -0.1) is 0 Å². The topological polar surface area (TPSA) is 49.0 Å². The molecule has 0 spiro atoms. The molecule has 4 nitrogen and oxygen atoms in total. The first-order chi connectivity index (χ1) is 4.70. The Hall–Kier alpha value is -1.32. The molecule has 1 aromatic rings. The molecule has 0 saturated heterocycles. The molecule has 1 rings (SSSR count). The SMILES string of the molecule is CN(C)c1cc(=O)[nH]cn1. The first-order valence-electron chi connectivity index (χ1n) is 2.92. The van der Waals surface area contributed by atoms with Gasteiger partial charge in [0.05, 0.1) is 6.33 Å². The van der Waals surface area contributed by atoms with E-state index in [1.54, 1.807) is 4.90 Å². The number of hydrogen-bond acceptors (Lipinski definition) is 3. The van der Waals surface area contributed by atoms with Crippen LogP contribution in [0, 0.1) is 0 Å². The van der Waals surface area contributed by atoms with E-state index in [9.17, 15) is 4.79 Å². The van der Waals surface area contributed by atoms with E-state index < -0.39 is 0 Å². The van der Waals surface area contributed by atoms with Gasteiger partial charge in [-0.1, -0.05) is 0 Å². The van der Waals surface area contributed by atoms with Crippen molar-refractivity contribution in [2.45, 2.75) is 0 Å². The maximum Gasteiger partial charge on any atom is 0.252 e. The van der Waals surface area contributed by atoms with Crippen molar-refractivity contribution in [3.8, 4) is 0 Å². The summed E-state index contributed by atoms with van der Waals surface area (Å²) in [5.41, 5.74) is -0.126. The Kier molecular flexibility index (Phi) is 1.71. The van der Waals surface area contributed by atoms with E-state index in [0.717, 1.165) is 0 Å². The van der Waals surface area contributed by atoms with E-state index in [4.69, 9.17) is 0 Å². The fourth-order valence-electron chi connectivity index (χ4n) is 0.603. The largest absolute Gasteiger partial charge is 0.363 e. The van der Waals surface area contributed by atoms with Crippen LogP contribution in [0.4, 0.5) is 5.82 Å². The highest BCUT2D eigenvalue weighted by atomic mass is 16.1. The minimum atomic E-state index is -0.126. The second-order valence-corrected chi connectivity index (χ2v) is 2.16. The van der Waals surface area contributed by atoms with Gasteiger partial charge in [-0.25, -0.2) is 4.98 Å². The zero-order valence-corrected chi connectivity index (χ0v) is 5.96. The summed E-state index contributed by atoms with van der Waals surface area (Å²) in [6.07, 6.45) is 1.39. The van der Waals surface area contributed by atoms with Gasteiger partial charge in [0.1, 0.15) is 5.82 Å². The molecule has 4 heteroatoms.